The van der Waals surface area contributed by atoms with E-state index in [0.717, 1.165) is 24.5 Å². The van der Waals surface area contributed by atoms with Crippen LogP contribution in [0.2, 0.25) is 0 Å². The highest BCUT2D eigenvalue weighted by molar-refractivity contribution is 5.78. The lowest BCUT2D eigenvalue weighted by Gasteiger charge is -2.06. The molecule has 9 nitrogen and oxygen atoms in total. The average molecular weight is 503 g/mol. The zero-order valence-electron chi connectivity index (χ0n) is 19.4. The molecule has 1 amide bonds. The fraction of sp³-hybridized carbons (Fsp3) is 0.192. The van der Waals surface area contributed by atoms with E-state index in [0.29, 0.717) is 40.8 Å². The number of nitrogens with one attached hydrogen (secondary N) is 2. The minimum atomic E-state index is -0.963. The van der Waals surface area contributed by atoms with Crippen LogP contribution in [-0.2, 0) is 11.3 Å². The van der Waals surface area contributed by atoms with E-state index in [-0.39, 0.29) is 23.9 Å². The van der Waals surface area contributed by atoms with E-state index in [1.807, 2.05) is 12.1 Å². The summed E-state index contributed by atoms with van der Waals surface area (Å²) in [7, 11) is 0. The van der Waals surface area contributed by atoms with Crippen LogP contribution in [0.1, 0.15) is 18.6 Å². The fourth-order valence-corrected chi connectivity index (χ4v) is 3.86. The van der Waals surface area contributed by atoms with Crippen LogP contribution in [0.3, 0.4) is 0 Å². The molecule has 186 valence electrons. The zero-order chi connectivity index (χ0) is 25.4. The Hall–Kier alpha value is -4.67. The molecule has 1 saturated carbocycles. The summed E-state index contributed by atoms with van der Waals surface area (Å²) in [4.78, 5) is 19.1. The molecule has 0 radical (unpaired) electrons. The molecule has 1 aliphatic carbocycles. The second-order valence-electron chi connectivity index (χ2n) is 8.79. The van der Waals surface area contributed by atoms with Gasteiger partial charge in [-0.05, 0) is 54.3 Å². The van der Waals surface area contributed by atoms with Gasteiger partial charge < -0.3 is 19.6 Å². The molecule has 0 saturated heterocycles. The normalized spacial score (nSPS) is 13.1. The summed E-state index contributed by atoms with van der Waals surface area (Å²) >= 11 is 0. The van der Waals surface area contributed by atoms with Crippen molar-refractivity contribution in [1.82, 2.24) is 25.5 Å². The minimum absolute atomic E-state index is 0.0203. The van der Waals surface area contributed by atoms with Gasteiger partial charge in [0.1, 0.15) is 34.5 Å². The van der Waals surface area contributed by atoms with Gasteiger partial charge in [-0.25, -0.2) is 13.8 Å². The Kier molecular flexibility index (Phi) is 5.79. The van der Waals surface area contributed by atoms with Gasteiger partial charge in [-0.15, -0.1) is 0 Å². The molecule has 5 aromatic rings. The van der Waals surface area contributed by atoms with Crippen molar-refractivity contribution in [2.45, 2.75) is 25.4 Å². The highest BCUT2D eigenvalue weighted by Gasteiger charge is 2.23. The lowest BCUT2D eigenvalue weighted by atomic mass is 10.1. The molecule has 3 heterocycles. The van der Waals surface area contributed by atoms with Gasteiger partial charge >= 0.3 is 0 Å². The van der Waals surface area contributed by atoms with Gasteiger partial charge in [0.15, 0.2) is 18.2 Å². The fourth-order valence-electron chi connectivity index (χ4n) is 3.86. The van der Waals surface area contributed by atoms with Crippen LogP contribution < -0.4 is 14.7 Å². The first kappa shape index (κ1) is 22.8. The summed E-state index contributed by atoms with van der Waals surface area (Å²) in [5.41, 5.74) is 2.63. The Morgan fingerprint density at radius 3 is 2.84 bits per heavy atom. The maximum absolute atomic E-state index is 14.2. The van der Waals surface area contributed by atoms with Gasteiger partial charge in [0.25, 0.3) is 5.91 Å². The molecular weight excluding hydrogens is 482 g/mol. The van der Waals surface area contributed by atoms with Crippen LogP contribution in [0.15, 0.2) is 65.4 Å². The van der Waals surface area contributed by atoms with Gasteiger partial charge in [0.2, 0.25) is 18.5 Å². The standard InChI is InChI=1S/C26H20F2N6O3/c27-20-3-1-2-19(25(20)28)26-31-22-11-29-34(13-23(22)32-26)12-18-10-21(33-37-18)15-4-8-17(9-5-15)36-14-24(35)30-16-6-7-16/h1-5,8-11,13,16H,6-7,12,14H2,(H,30,35)/p+1. The first-order valence-electron chi connectivity index (χ1n) is 11.7. The predicted molar refractivity (Wildman–Crippen MR) is 127 cm³/mol. The Labute approximate surface area is 209 Å². The Bertz CT molecular complexity index is 1590. The number of rotatable bonds is 8. The van der Waals surface area contributed by atoms with Crippen molar-refractivity contribution in [3.8, 4) is 28.4 Å². The largest absolute Gasteiger partial charge is 0.484 e. The number of carbonyl (C=O) groups excluding carboxylic acids is 1. The molecule has 1 fully saturated rings. The SMILES string of the molecule is O=C(COc1ccc(-c2cc(C[n+]3cc4[nH]c(-c5cccc(F)c5F)nc4cn3)on2)cc1)NC1CC1. The van der Waals surface area contributed by atoms with Crippen molar-refractivity contribution in [1.29, 1.82) is 0 Å². The molecule has 37 heavy (non-hydrogen) atoms. The third-order valence-electron chi connectivity index (χ3n) is 5.91. The number of aromatic amines is 1. The van der Waals surface area contributed by atoms with E-state index in [2.05, 4.69) is 25.5 Å². The highest BCUT2D eigenvalue weighted by Crippen LogP contribution is 2.25. The van der Waals surface area contributed by atoms with Gasteiger partial charge in [-0.2, -0.15) is 0 Å². The van der Waals surface area contributed by atoms with Crippen molar-refractivity contribution in [2.24, 2.45) is 0 Å². The molecule has 2 N–H and O–H groups in total. The molecule has 6 rings (SSSR count). The van der Waals surface area contributed by atoms with Crippen LogP contribution in [0.25, 0.3) is 33.7 Å². The van der Waals surface area contributed by atoms with Crippen molar-refractivity contribution in [2.75, 3.05) is 6.61 Å². The van der Waals surface area contributed by atoms with Crippen LogP contribution in [-0.4, -0.2) is 38.8 Å². The van der Waals surface area contributed by atoms with E-state index in [9.17, 15) is 13.6 Å². The molecule has 1 aliphatic rings. The summed E-state index contributed by atoms with van der Waals surface area (Å²) in [5.74, 6) is -0.654. The maximum atomic E-state index is 14.2. The van der Waals surface area contributed by atoms with E-state index in [4.69, 9.17) is 9.26 Å². The monoisotopic (exact) mass is 503 g/mol. The minimum Gasteiger partial charge on any atom is -0.484 e. The van der Waals surface area contributed by atoms with Gasteiger partial charge in [0.05, 0.1) is 5.56 Å². The van der Waals surface area contributed by atoms with Crippen LogP contribution in [0.5, 0.6) is 5.75 Å². The summed E-state index contributed by atoms with van der Waals surface area (Å²) < 4.78 is 40.4. The number of benzene rings is 2. The molecule has 0 bridgehead atoms. The van der Waals surface area contributed by atoms with Crippen molar-refractivity contribution in [3.05, 3.63) is 78.3 Å². The first-order chi connectivity index (χ1) is 18.0. The Morgan fingerprint density at radius 2 is 2.03 bits per heavy atom. The highest BCUT2D eigenvalue weighted by atomic mass is 19.2. The number of amides is 1. The summed E-state index contributed by atoms with van der Waals surface area (Å²) in [6.45, 7) is 0.274. The molecule has 2 aromatic carbocycles. The van der Waals surface area contributed by atoms with Crippen LogP contribution in [0.4, 0.5) is 8.78 Å². The number of ether oxygens (including phenoxy) is 1. The van der Waals surface area contributed by atoms with Gasteiger partial charge in [0, 0.05) is 17.7 Å². The number of nitrogens with zero attached hydrogens (tertiary/aromatic N) is 4. The predicted octanol–water partition coefficient (Wildman–Crippen LogP) is 3.55. The Morgan fingerprint density at radius 1 is 1.19 bits per heavy atom. The molecule has 11 heteroatoms. The third kappa shape index (κ3) is 5.01. The average Bonchev–Trinajstić information content (AvgIpc) is 3.42. The van der Waals surface area contributed by atoms with Crippen molar-refractivity contribution >= 4 is 16.9 Å². The summed E-state index contributed by atoms with van der Waals surface area (Å²) in [5, 5.41) is 11.3. The third-order valence-corrected chi connectivity index (χ3v) is 5.91. The maximum Gasteiger partial charge on any atom is 0.258 e. The van der Waals surface area contributed by atoms with E-state index < -0.39 is 11.6 Å². The number of carbonyl (C=O) groups is 1. The second-order valence-corrected chi connectivity index (χ2v) is 8.79. The van der Waals surface area contributed by atoms with Crippen LogP contribution in [0, 0.1) is 11.6 Å². The number of H-pyrrole nitrogens is 1. The zero-order valence-corrected chi connectivity index (χ0v) is 19.4. The number of hydrogen-bond acceptors (Lipinski definition) is 6. The second kappa shape index (κ2) is 9.41. The number of fused-ring (bicyclic) bond motifs is 1. The van der Waals surface area contributed by atoms with Gasteiger partial charge in [-0.3, -0.25) is 4.79 Å². The van der Waals surface area contributed by atoms with Gasteiger partial charge in [-0.1, -0.05) is 15.9 Å². The number of halogens is 2. The van der Waals surface area contributed by atoms with Crippen molar-refractivity contribution < 1.29 is 27.5 Å². The number of imidazole rings is 1. The molecular formula is C26H21F2N6O3+. The van der Waals surface area contributed by atoms with E-state index in [1.165, 1.54) is 18.3 Å². The Balaban J connectivity index is 1.12. The lowest BCUT2D eigenvalue weighted by molar-refractivity contribution is -0.746. The van der Waals surface area contributed by atoms with Crippen LogP contribution >= 0.6 is 0 Å². The summed E-state index contributed by atoms with van der Waals surface area (Å²) in [6.07, 6.45) is 5.31. The van der Waals surface area contributed by atoms with Crippen molar-refractivity contribution in [3.63, 3.8) is 0 Å². The number of aromatic nitrogens is 5. The molecule has 0 unspecified atom stereocenters. The topological polar surface area (TPSA) is 110 Å². The molecule has 0 spiro atoms. The number of hydrogen-bond donors (Lipinski definition) is 2. The smallest absolute Gasteiger partial charge is 0.258 e. The molecule has 0 aliphatic heterocycles. The van der Waals surface area contributed by atoms with E-state index >= 15 is 0 Å². The first-order valence-corrected chi connectivity index (χ1v) is 11.7. The summed E-state index contributed by atoms with van der Waals surface area (Å²) in [6, 6.07) is 13.3. The quantitative estimate of drug-likeness (QED) is 0.314. The molecule has 3 aromatic heterocycles. The lowest BCUT2D eigenvalue weighted by Crippen LogP contribution is -2.37. The molecule has 0 atom stereocenters. The van der Waals surface area contributed by atoms with E-state index in [1.54, 1.807) is 29.1 Å².